The van der Waals surface area contributed by atoms with Crippen LogP contribution in [0.3, 0.4) is 0 Å². The zero-order valence-electron chi connectivity index (χ0n) is 26.0. The summed E-state index contributed by atoms with van der Waals surface area (Å²) in [5.74, 6) is -2.66. The lowest BCUT2D eigenvalue weighted by atomic mass is 9.74. The average molecular weight is 721 g/mol. The van der Waals surface area contributed by atoms with Gasteiger partial charge in [-0.05, 0) is 37.6 Å². The van der Waals surface area contributed by atoms with Gasteiger partial charge in [0.05, 0.1) is 30.5 Å². The van der Waals surface area contributed by atoms with E-state index in [1.165, 1.54) is 19.2 Å². The Hall–Kier alpha value is -4.86. The molecule has 18 nitrogen and oxygen atoms in total. The number of nitrogens with zero attached hydrogens (tertiary/aromatic N) is 4. The Kier molecular flexibility index (Phi) is 11.7. The van der Waals surface area contributed by atoms with Crippen molar-refractivity contribution in [2.75, 3.05) is 18.9 Å². The van der Waals surface area contributed by atoms with Gasteiger partial charge in [-0.1, -0.05) is 23.4 Å². The Bertz CT molecular complexity index is 1810. The molecule has 20 heteroatoms. The van der Waals surface area contributed by atoms with Gasteiger partial charge in [-0.15, -0.1) is 15.6 Å². The van der Waals surface area contributed by atoms with Gasteiger partial charge in [0.2, 0.25) is 0 Å². The van der Waals surface area contributed by atoms with Crippen molar-refractivity contribution >= 4 is 56.5 Å². The molecular weight excluding hydrogens is 688 g/mol. The fraction of sp³-hybridized carbons (Fsp3) is 0.345. The van der Waals surface area contributed by atoms with Crippen LogP contribution in [0.15, 0.2) is 53.1 Å². The average Bonchev–Trinajstić information content (AvgIpc) is 3.50. The number of aliphatic hydroxyl groups excluding tert-OH is 1. The Balaban J connectivity index is 1.41. The second-order valence-corrected chi connectivity index (χ2v) is 12.9. The molecule has 0 saturated carbocycles. The number of nitrogens with two attached hydrogens (primary N) is 2. The third kappa shape index (κ3) is 9.40. The first-order valence-corrected chi connectivity index (χ1v) is 16.5. The number of nitrogen functional groups attached to an aromatic ring is 1. The van der Waals surface area contributed by atoms with E-state index >= 15 is 0 Å². The largest absolute Gasteiger partial charge is 0.486 e. The highest BCUT2D eigenvalue weighted by atomic mass is 32.3. The number of hydrogen-bond acceptors (Lipinski definition) is 17. The van der Waals surface area contributed by atoms with Crippen molar-refractivity contribution in [1.29, 1.82) is 0 Å². The van der Waals surface area contributed by atoms with Crippen LogP contribution in [0.5, 0.6) is 5.75 Å². The van der Waals surface area contributed by atoms with Crippen molar-refractivity contribution in [3.63, 3.8) is 0 Å². The molecule has 1 aromatic carbocycles. The first kappa shape index (κ1) is 37.0. The van der Waals surface area contributed by atoms with Crippen LogP contribution in [0, 0.1) is 5.92 Å². The lowest BCUT2D eigenvalue weighted by molar-refractivity contribution is -0.228. The number of aliphatic hydroxyl groups is 1. The Labute approximate surface area is 283 Å². The number of carbonyl (C=O) groups excluding carboxylic acids is 4. The van der Waals surface area contributed by atoms with Gasteiger partial charge in [0.1, 0.15) is 11.4 Å². The molecule has 3 atom stereocenters. The van der Waals surface area contributed by atoms with Gasteiger partial charge in [0, 0.05) is 29.3 Å². The second kappa shape index (κ2) is 15.6. The number of β-lactam (4-membered cyclic amide) rings is 1. The summed E-state index contributed by atoms with van der Waals surface area (Å²) < 4.78 is 46.1. The molecule has 3 aromatic rings. The molecule has 49 heavy (non-hydrogen) atoms. The number of oxime groups is 1. The molecule has 0 bridgehead atoms. The van der Waals surface area contributed by atoms with E-state index in [-0.39, 0.29) is 41.8 Å². The second-order valence-electron chi connectivity index (χ2n) is 11.1. The fourth-order valence-electron chi connectivity index (χ4n) is 4.57. The molecule has 0 unspecified atom stereocenters. The number of Topliss-reactive ketones (excluding diaryl/α,β-unsaturated/α-hetero) is 2. The lowest BCUT2D eigenvalue weighted by Gasteiger charge is -2.50. The maximum atomic E-state index is 13.3. The zero-order valence-corrected chi connectivity index (χ0v) is 27.6. The van der Waals surface area contributed by atoms with Crippen LogP contribution in [-0.4, -0.2) is 93.9 Å². The standard InChI is InChI=1S/C29H32N6O12S2/c1-29(2)20(27(40)35(29)47-49(41,42)43)10-24(39)26(22-14-48-28(31)33-22)34-46-25(45-15-37)13-44-19-7-4-16(5-8-19)17-3-6-18(32-11-17)9-23(38)21(30)12-36/h3-8,11,14-15,20-21,25,36H,9-10,12-13,30H2,1-2H3,(H2,31,33)(H,41,42,43)/b34-26-/t20-,21+,25+/m1/s1. The molecule has 6 N–H and O–H groups in total. The Morgan fingerprint density at radius 1 is 1.18 bits per heavy atom. The van der Waals surface area contributed by atoms with Gasteiger partial charge >= 0.3 is 16.7 Å². The topological polar surface area (TPSA) is 273 Å². The molecule has 3 heterocycles. The predicted molar refractivity (Wildman–Crippen MR) is 171 cm³/mol. The van der Waals surface area contributed by atoms with Gasteiger partial charge in [0.25, 0.3) is 12.4 Å². The molecule has 1 saturated heterocycles. The maximum Gasteiger partial charge on any atom is 0.418 e. The van der Waals surface area contributed by atoms with Gasteiger partial charge in [0.15, 0.2) is 29.0 Å². The number of rotatable bonds is 18. The van der Waals surface area contributed by atoms with E-state index in [0.717, 1.165) is 22.5 Å². The third-order valence-corrected chi connectivity index (χ3v) is 8.31. The molecule has 4 rings (SSSR count). The fourth-order valence-corrected chi connectivity index (χ4v) is 5.57. The number of ketones is 2. The van der Waals surface area contributed by atoms with E-state index in [2.05, 4.69) is 19.4 Å². The number of benzene rings is 1. The molecule has 0 aliphatic carbocycles. The first-order valence-electron chi connectivity index (χ1n) is 14.3. The SMILES string of the molecule is CC1(C)[C@H](CC(=O)/C(=N\O[C@@H](COc2ccc(-c3ccc(CC(=O)[C@@H](N)CO)nc3)cc2)OC=O)c2csc(N)n2)C(=O)N1OS(=O)(=O)O. The molecule has 1 aliphatic rings. The minimum atomic E-state index is -4.99. The number of amides is 1. The molecule has 2 aromatic heterocycles. The summed E-state index contributed by atoms with van der Waals surface area (Å²) in [7, 11) is -4.99. The molecular formula is C29H32N6O12S2. The molecule has 0 radical (unpaired) electrons. The number of pyridine rings is 1. The van der Waals surface area contributed by atoms with Crippen LogP contribution in [0.25, 0.3) is 11.1 Å². The summed E-state index contributed by atoms with van der Waals surface area (Å²) in [6, 6.07) is 9.23. The highest BCUT2D eigenvalue weighted by molar-refractivity contribution is 7.80. The van der Waals surface area contributed by atoms with E-state index in [9.17, 15) is 27.6 Å². The monoisotopic (exact) mass is 720 g/mol. The van der Waals surface area contributed by atoms with Gasteiger partial charge in [-0.2, -0.15) is 13.5 Å². The molecule has 1 aliphatic heterocycles. The van der Waals surface area contributed by atoms with E-state index in [1.807, 2.05) is 0 Å². The van der Waals surface area contributed by atoms with Crippen LogP contribution in [0.1, 0.15) is 31.7 Å². The lowest BCUT2D eigenvalue weighted by Crippen LogP contribution is -2.68. The summed E-state index contributed by atoms with van der Waals surface area (Å²) in [5, 5.41) is 14.8. The van der Waals surface area contributed by atoms with E-state index in [1.54, 1.807) is 42.6 Å². The van der Waals surface area contributed by atoms with Gasteiger partial charge < -0.3 is 30.9 Å². The number of ether oxygens (including phenoxy) is 2. The van der Waals surface area contributed by atoms with Crippen LogP contribution in [0.4, 0.5) is 5.13 Å². The summed E-state index contributed by atoms with van der Waals surface area (Å²) in [6.45, 7) is 2.14. The summed E-state index contributed by atoms with van der Waals surface area (Å²) in [5.41, 5.74) is 11.6. The zero-order chi connectivity index (χ0) is 35.9. The van der Waals surface area contributed by atoms with E-state index < -0.39 is 58.9 Å². The quantitative estimate of drug-likeness (QED) is 0.0347. The van der Waals surface area contributed by atoms with Crippen LogP contribution < -0.4 is 16.2 Å². The van der Waals surface area contributed by atoms with E-state index in [4.69, 9.17) is 35.4 Å². The van der Waals surface area contributed by atoms with Crippen molar-refractivity contribution in [3.05, 3.63) is 59.4 Å². The number of anilines is 1. The summed E-state index contributed by atoms with van der Waals surface area (Å²) >= 11 is 0.998. The van der Waals surface area contributed by atoms with Crippen molar-refractivity contribution in [3.8, 4) is 16.9 Å². The van der Waals surface area contributed by atoms with Crippen LogP contribution in [-0.2, 0) is 49.9 Å². The first-order chi connectivity index (χ1) is 23.1. The van der Waals surface area contributed by atoms with E-state index in [0.29, 0.717) is 16.5 Å². The van der Waals surface area contributed by atoms with Gasteiger partial charge in [-0.3, -0.25) is 28.7 Å². The summed E-state index contributed by atoms with van der Waals surface area (Å²) in [4.78, 5) is 62.7. The molecule has 1 amide bonds. The van der Waals surface area contributed by atoms with Crippen molar-refractivity contribution < 1.29 is 55.9 Å². The number of carbonyl (C=O) groups is 4. The smallest absolute Gasteiger partial charge is 0.418 e. The minimum Gasteiger partial charge on any atom is -0.486 e. The van der Waals surface area contributed by atoms with Crippen LogP contribution >= 0.6 is 11.3 Å². The van der Waals surface area contributed by atoms with Crippen molar-refractivity contribution in [2.45, 2.75) is 44.6 Å². The number of thiazole rings is 1. The minimum absolute atomic E-state index is 0.00679. The number of hydroxylamine groups is 2. The third-order valence-electron chi connectivity index (χ3n) is 7.29. The Morgan fingerprint density at radius 2 is 1.88 bits per heavy atom. The molecule has 262 valence electrons. The predicted octanol–water partition coefficient (Wildman–Crippen LogP) is 0.448. The number of hydrogen-bond donors (Lipinski definition) is 4. The normalized spacial score (nSPS) is 17.1. The van der Waals surface area contributed by atoms with Crippen LogP contribution in [0.2, 0.25) is 0 Å². The number of aromatic nitrogens is 2. The maximum absolute atomic E-state index is 13.3. The molecule has 0 spiro atoms. The Morgan fingerprint density at radius 3 is 2.43 bits per heavy atom. The van der Waals surface area contributed by atoms with Gasteiger partial charge in [-0.25, -0.2) is 4.98 Å². The summed E-state index contributed by atoms with van der Waals surface area (Å²) in [6.07, 6.45) is -0.338. The van der Waals surface area contributed by atoms with Crippen molar-refractivity contribution in [2.24, 2.45) is 16.8 Å². The molecule has 1 fully saturated rings. The highest BCUT2D eigenvalue weighted by Crippen LogP contribution is 2.40. The highest BCUT2D eigenvalue weighted by Gasteiger charge is 2.57. The van der Waals surface area contributed by atoms with Crippen molar-refractivity contribution in [1.82, 2.24) is 15.0 Å².